The van der Waals surface area contributed by atoms with Crippen LogP contribution in [-0.4, -0.2) is 48.3 Å². The first-order valence-corrected chi connectivity index (χ1v) is 20.1. The summed E-state index contributed by atoms with van der Waals surface area (Å²) in [6, 6.07) is 0. The summed E-state index contributed by atoms with van der Waals surface area (Å²) in [4.78, 5) is 26.3. The van der Waals surface area contributed by atoms with Gasteiger partial charge < -0.3 is 20.8 Å². The van der Waals surface area contributed by atoms with Crippen molar-refractivity contribution in [2.24, 2.45) is 0 Å². The standard InChI is InChI=1S/C40H78N2O4/c1-3-5-7-9-11-13-15-17-19-21-23-25-27-29-31-37(39(45)41-33-35-43)38(40(46)42-34-36-44)32-30-28-26-24-22-20-18-16-14-12-10-8-6-4-2/h43-44H,3-36H2,1-2H3,(H,41,45)(H,42,46)/b38-37-. The molecule has 0 aromatic carbocycles. The number of hydrogen-bond acceptors (Lipinski definition) is 4. The third-order valence-electron chi connectivity index (χ3n) is 9.27. The molecule has 0 spiro atoms. The van der Waals surface area contributed by atoms with Crippen LogP contribution in [0.4, 0.5) is 0 Å². The maximum Gasteiger partial charge on any atom is 0.247 e. The Kier molecular flexibility index (Phi) is 35.3. The van der Waals surface area contributed by atoms with Crippen molar-refractivity contribution in [2.75, 3.05) is 26.3 Å². The van der Waals surface area contributed by atoms with Crippen LogP contribution in [0.5, 0.6) is 0 Å². The second-order valence-corrected chi connectivity index (χ2v) is 13.6. The first kappa shape index (κ1) is 44.6. The summed E-state index contributed by atoms with van der Waals surface area (Å²) in [6.07, 6.45) is 36.9. The minimum absolute atomic E-state index is 0.122. The lowest BCUT2D eigenvalue weighted by Crippen LogP contribution is -2.33. The van der Waals surface area contributed by atoms with Crippen LogP contribution >= 0.6 is 0 Å². The molecule has 6 nitrogen and oxygen atoms in total. The highest BCUT2D eigenvalue weighted by atomic mass is 16.3. The Morgan fingerprint density at radius 2 is 0.587 bits per heavy atom. The van der Waals surface area contributed by atoms with E-state index in [1.807, 2.05) is 0 Å². The number of hydrogen-bond donors (Lipinski definition) is 4. The van der Waals surface area contributed by atoms with Crippen LogP contribution in [0.15, 0.2) is 11.1 Å². The number of unbranched alkanes of at least 4 members (excludes halogenated alkanes) is 26. The molecule has 0 bridgehead atoms. The largest absolute Gasteiger partial charge is 0.395 e. The number of nitrogens with one attached hydrogen (secondary N) is 2. The second-order valence-electron chi connectivity index (χ2n) is 13.6. The van der Waals surface area contributed by atoms with Gasteiger partial charge in [-0.25, -0.2) is 0 Å². The van der Waals surface area contributed by atoms with Crippen molar-refractivity contribution < 1.29 is 19.8 Å². The van der Waals surface area contributed by atoms with Gasteiger partial charge in [0, 0.05) is 24.2 Å². The van der Waals surface area contributed by atoms with E-state index in [4.69, 9.17) is 0 Å². The molecule has 2 amide bonds. The molecule has 0 rings (SSSR count). The molecule has 0 aromatic rings. The third kappa shape index (κ3) is 28.8. The fourth-order valence-electron chi connectivity index (χ4n) is 6.35. The molecule has 4 N–H and O–H groups in total. The van der Waals surface area contributed by atoms with E-state index in [-0.39, 0.29) is 38.1 Å². The average molecular weight is 651 g/mol. The Morgan fingerprint density at radius 3 is 0.804 bits per heavy atom. The number of amides is 2. The predicted molar refractivity (Wildman–Crippen MR) is 197 cm³/mol. The molecular weight excluding hydrogens is 572 g/mol. The van der Waals surface area contributed by atoms with Crippen molar-refractivity contribution in [3.8, 4) is 0 Å². The smallest absolute Gasteiger partial charge is 0.247 e. The lowest BCUT2D eigenvalue weighted by molar-refractivity contribution is -0.120. The molecule has 0 aliphatic rings. The first-order valence-electron chi connectivity index (χ1n) is 20.1. The third-order valence-corrected chi connectivity index (χ3v) is 9.27. The van der Waals surface area contributed by atoms with Crippen LogP contribution in [0.3, 0.4) is 0 Å². The topological polar surface area (TPSA) is 98.7 Å². The summed E-state index contributed by atoms with van der Waals surface area (Å²) in [5.41, 5.74) is 1.13. The molecule has 0 radical (unpaired) electrons. The molecule has 0 aliphatic heterocycles. The molecule has 0 saturated heterocycles. The van der Waals surface area contributed by atoms with Gasteiger partial charge in [-0.1, -0.05) is 181 Å². The van der Waals surface area contributed by atoms with Crippen molar-refractivity contribution in [3.05, 3.63) is 11.1 Å². The van der Waals surface area contributed by atoms with E-state index in [1.165, 1.54) is 141 Å². The van der Waals surface area contributed by atoms with Crippen LogP contribution in [0.2, 0.25) is 0 Å². The van der Waals surface area contributed by atoms with Crippen LogP contribution in [-0.2, 0) is 9.59 Å². The van der Waals surface area contributed by atoms with Gasteiger partial charge in [-0.15, -0.1) is 0 Å². The number of rotatable bonds is 36. The summed E-state index contributed by atoms with van der Waals surface area (Å²) in [7, 11) is 0. The van der Waals surface area contributed by atoms with Gasteiger partial charge in [0.2, 0.25) is 11.8 Å². The van der Waals surface area contributed by atoms with Crippen LogP contribution in [0.25, 0.3) is 0 Å². The summed E-state index contributed by atoms with van der Waals surface area (Å²) < 4.78 is 0. The van der Waals surface area contributed by atoms with Gasteiger partial charge in [0.25, 0.3) is 0 Å². The molecule has 0 fully saturated rings. The first-order chi connectivity index (χ1) is 22.6. The van der Waals surface area contributed by atoms with E-state index in [9.17, 15) is 19.8 Å². The average Bonchev–Trinajstić information content (AvgIpc) is 3.06. The number of carbonyl (C=O) groups is 2. The molecule has 6 heteroatoms. The molecule has 0 atom stereocenters. The second kappa shape index (κ2) is 36.4. The quantitative estimate of drug-likeness (QED) is 0.0401. The SMILES string of the molecule is CCCCCCCCCCCCCCCC/C(C(=O)NCCO)=C(\CCCCCCCCCCCCCCCC)C(=O)NCCO. The fourth-order valence-corrected chi connectivity index (χ4v) is 6.35. The van der Waals surface area contributed by atoms with Crippen molar-refractivity contribution in [1.29, 1.82) is 0 Å². The van der Waals surface area contributed by atoms with Crippen LogP contribution in [0.1, 0.15) is 206 Å². The van der Waals surface area contributed by atoms with Gasteiger partial charge >= 0.3 is 0 Å². The molecular formula is C40H78N2O4. The lowest BCUT2D eigenvalue weighted by Gasteiger charge is -2.16. The van der Waals surface area contributed by atoms with Gasteiger partial charge in [-0.3, -0.25) is 9.59 Å². The molecule has 0 saturated carbocycles. The predicted octanol–water partition coefficient (Wildman–Crippen LogP) is 10.2. The highest BCUT2D eigenvalue weighted by Crippen LogP contribution is 2.22. The zero-order valence-electron chi connectivity index (χ0n) is 30.8. The van der Waals surface area contributed by atoms with Gasteiger partial charge in [0.05, 0.1) is 13.2 Å². The van der Waals surface area contributed by atoms with E-state index in [1.54, 1.807) is 0 Å². The Hall–Kier alpha value is -1.40. The Balaban J connectivity index is 4.56. The van der Waals surface area contributed by atoms with E-state index >= 15 is 0 Å². The maximum atomic E-state index is 13.1. The van der Waals surface area contributed by atoms with E-state index in [2.05, 4.69) is 24.5 Å². The minimum atomic E-state index is -0.233. The Bertz CT molecular complexity index is 651. The van der Waals surface area contributed by atoms with Crippen LogP contribution < -0.4 is 10.6 Å². The molecule has 0 aliphatic carbocycles. The fraction of sp³-hybridized carbons (Fsp3) is 0.900. The lowest BCUT2D eigenvalue weighted by atomic mass is 9.94. The summed E-state index contributed by atoms with van der Waals surface area (Å²) in [6.45, 7) is 4.66. The number of aliphatic hydroxyl groups is 2. The van der Waals surface area contributed by atoms with Gasteiger partial charge in [-0.05, 0) is 25.7 Å². The molecule has 0 unspecified atom stereocenters. The van der Waals surface area contributed by atoms with E-state index in [0.29, 0.717) is 24.0 Å². The zero-order valence-corrected chi connectivity index (χ0v) is 30.8. The summed E-state index contributed by atoms with van der Waals surface area (Å²) >= 11 is 0. The van der Waals surface area contributed by atoms with Crippen molar-refractivity contribution in [2.45, 2.75) is 206 Å². The Morgan fingerprint density at radius 1 is 0.370 bits per heavy atom. The molecule has 46 heavy (non-hydrogen) atoms. The van der Waals surface area contributed by atoms with Gasteiger partial charge in [0.15, 0.2) is 0 Å². The summed E-state index contributed by atoms with van der Waals surface area (Å²) in [5, 5.41) is 24.1. The highest BCUT2D eigenvalue weighted by molar-refractivity contribution is 6.04. The number of carbonyl (C=O) groups excluding carboxylic acids is 2. The Labute approximate surface area is 285 Å². The van der Waals surface area contributed by atoms with E-state index < -0.39 is 0 Å². The minimum Gasteiger partial charge on any atom is -0.395 e. The highest BCUT2D eigenvalue weighted by Gasteiger charge is 2.20. The normalized spacial score (nSPS) is 11.9. The van der Waals surface area contributed by atoms with Crippen molar-refractivity contribution in [1.82, 2.24) is 10.6 Å². The van der Waals surface area contributed by atoms with Gasteiger partial charge in [-0.2, -0.15) is 0 Å². The molecule has 272 valence electrons. The van der Waals surface area contributed by atoms with E-state index in [0.717, 1.165) is 38.5 Å². The number of aliphatic hydroxyl groups excluding tert-OH is 2. The van der Waals surface area contributed by atoms with Gasteiger partial charge in [0.1, 0.15) is 0 Å². The van der Waals surface area contributed by atoms with Crippen molar-refractivity contribution in [3.63, 3.8) is 0 Å². The van der Waals surface area contributed by atoms with Crippen molar-refractivity contribution >= 4 is 11.8 Å². The molecule has 0 aromatic heterocycles. The summed E-state index contributed by atoms with van der Waals surface area (Å²) in [5.74, 6) is -0.466. The zero-order chi connectivity index (χ0) is 33.8. The maximum absolute atomic E-state index is 13.1. The van der Waals surface area contributed by atoms with Crippen LogP contribution in [0, 0.1) is 0 Å². The molecule has 0 heterocycles. The monoisotopic (exact) mass is 651 g/mol.